The normalized spacial score (nSPS) is 17.1. The number of alkyl halides is 3. The predicted molar refractivity (Wildman–Crippen MR) is 62.6 cm³/mol. The van der Waals surface area contributed by atoms with Gasteiger partial charge in [0, 0.05) is 19.3 Å². The van der Waals surface area contributed by atoms with Crippen molar-refractivity contribution in [2.45, 2.75) is 32.0 Å². The molecule has 19 heavy (non-hydrogen) atoms. The second-order valence-electron chi connectivity index (χ2n) is 4.79. The van der Waals surface area contributed by atoms with E-state index in [-0.39, 0.29) is 11.7 Å². The van der Waals surface area contributed by atoms with Gasteiger partial charge in [0.05, 0.1) is 5.69 Å². The first-order valence-electron chi connectivity index (χ1n) is 5.95. The third-order valence-electron chi connectivity index (χ3n) is 3.03. The molecule has 1 fully saturated rings. The number of urea groups is 1. The van der Waals surface area contributed by atoms with Gasteiger partial charge in [0.15, 0.2) is 5.69 Å². The van der Waals surface area contributed by atoms with Crippen LogP contribution in [0.25, 0.3) is 0 Å². The summed E-state index contributed by atoms with van der Waals surface area (Å²) in [4.78, 5) is 11.6. The van der Waals surface area contributed by atoms with Crippen LogP contribution in [-0.2, 0) is 13.2 Å². The second-order valence-corrected chi connectivity index (χ2v) is 4.79. The van der Waals surface area contributed by atoms with Crippen molar-refractivity contribution in [3.05, 3.63) is 11.9 Å². The van der Waals surface area contributed by atoms with Crippen molar-refractivity contribution >= 4 is 11.7 Å². The summed E-state index contributed by atoms with van der Waals surface area (Å²) in [6.45, 7) is 1.84. The third-order valence-corrected chi connectivity index (χ3v) is 3.03. The average molecular weight is 276 g/mol. The van der Waals surface area contributed by atoms with Crippen LogP contribution in [0.2, 0.25) is 0 Å². The fourth-order valence-corrected chi connectivity index (χ4v) is 1.87. The summed E-state index contributed by atoms with van der Waals surface area (Å²) < 4.78 is 39.0. The van der Waals surface area contributed by atoms with Gasteiger partial charge < -0.3 is 10.6 Å². The van der Waals surface area contributed by atoms with E-state index in [9.17, 15) is 18.0 Å². The fraction of sp³-hybridized carbons (Fsp3) is 0.636. The average Bonchev–Trinajstić information content (AvgIpc) is 3.02. The minimum Gasteiger partial charge on any atom is -0.335 e. The smallest absolute Gasteiger partial charge is 0.335 e. The van der Waals surface area contributed by atoms with E-state index >= 15 is 0 Å². The number of hydrogen-bond acceptors (Lipinski definition) is 2. The maximum atomic E-state index is 12.7. The van der Waals surface area contributed by atoms with E-state index in [4.69, 9.17) is 0 Å². The number of aromatic nitrogens is 2. The minimum atomic E-state index is -4.59. The van der Waals surface area contributed by atoms with Crippen LogP contribution in [0.15, 0.2) is 6.20 Å². The zero-order valence-corrected chi connectivity index (χ0v) is 10.6. The third kappa shape index (κ3) is 3.39. The quantitative estimate of drug-likeness (QED) is 0.890. The summed E-state index contributed by atoms with van der Waals surface area (Å²) in [5, 5.41) is 8.13. The number of rotatable bonds is 3. The van der Waals surface area contributed by atoms with Gasteiger partial charge in [-0.3, -0.25) is 4.68 Å². The first-order chi connectivity index (χ1) is 8.77. The van der Waals surface area contributed by atoms with Crippen LogP contribution >= 0.6 is 0 Å². The highest BCUT2D eigenvalue weighted by Gasteiger charge is 2.38. The van der Waals surface area contributed by atoms with E-state index in [0.717, 1.165) is 23.7 Å². The van der Waals surface area contributed by atoms with E-state index in [1.54, 1.807) is 0 Å². The number of halogens is 3. The van der Waals surface area contributed by atoms with Crippen molar-refractivity contribution in [2.24, 2.45) is 13.0 Å². The maximum absolute atomic E-state index is 12.7. The van der Waals surface area contributed by atoms with Gasteiger partial charge in [0.2, 0.25) is 0 Å². The van der Waals surface area contributed by atoms with Crippen LogP contribution in [0.3, 0.4) is 0 Å². The Morgan fingerprint density at radius 3 is 2.68 bits per heavy atom. The molecule has 106 valence electrons. The lowest BCUT2D eigenvalue weighted by atomic mass is 10.2. The zero-order chi connectivity index (χ0) is 14.2. The summed E-state index contributed by atoms with van der Waals surface area (Å²) in [6, 6.07) is -0.677. The highest BCUT2D eigenvalue weighted by Crippen LogP contribution is 2.34. The number of amides is 2. The fourth-order valence-electron chi connectivity index (χ4n) is 1.87. The van der Waals surface area contributed by atoms with Gasteiger partial charge >= 0.3 is 12.2 Å². The van der Waals surface area contributed by atoms with Crippen molar-refractivity contribution in [1.29, 1.82) is 0 Å². The summed E-state index contributed by atoms with van der Waals surface area (Å²) in [6.07, 6.45) is -1.37. The topological polar surface area (TPSA) is 59.0 Å². The molecule has 2 amide bonds. The van der Waals surface area contributed by atoms with E-state index in [1.807, 2.05) is 6.92 Å². The molecule has 0 bridgehead atoms. The number of nitrogens with zero attached hydrogens (tertiary/aromatic N) is 2. The molecule has 0 unspecified atom stereocenters. The zero-order valence-electron chi connectivity index (χ0n) is 10.6. The molecule has 0 aliphatic heterocycles. The molecule has 1 saturated carbocycles. The lowest BCUT2D eigenvalue weighted by Crippen LogP contribution is -2.37. The van der Waals surface area contributed by atoms with Crippen molar-refractivity contribution in [1.82, 2.24) is 15.1 Å². The van der Waals surface area contributed by atoms with Crippen molar-refractivity contribution in [2.75, 3.05) is 5.32 Å². The molecule has 1 aromatic rings. The molecule has 1 aromatic heterocycles. The molecule has 2 N–H and O–H groups in total. The van der Waals surface area contributed by atoms with Gasteiger partial charge in [-0.05, 0) is 25.7 Å². The van der Waals surface area contributed by atoms with E-state index in [2.05, 4.69) is 15.7 Å². The Bertz CT molecular complexity index is 479. The molecule has 1 atom stereocenters. The van der Waals surface area contributed by atoms with E-state index < -0.39 is 17.9 Å². The molecule has 0 spiro atoms. The molecule has 1 aliphatic carbocycles. The van der Waals surface area contributed by atoms with Gasteiger partial charge in [-0.2, -0.15) is 18.3 Å². The van der Waals surface area contributed by atoms with Gasteiger partial charge in [0.25, 0.3) is 0 Å². The Morgan fingerprint density at radius 2 is 2.16 bits per heavy atom. The summed E-state index contributed by atoms with van der Waals surface area (Å²) in [7, 11) is 1.37. The largest absolute Gasteiger partial charge is 0.437 e. The van der Waals surface area contributed by atoms with Crippen molar-refractivity contribution in [3.63, 3.8) is 0 Å². The number of carbonyl (C=O) groups excluding carboxylic acids is 1. The number of aryl methyl sites for hydroxylation is 1. The van der Waals surface area contributed by atoms with E-state index in [0.29, 0.717) is 5.92 Å². The van der Waals surface area contributed by atoms with Crippen molar-refractivity contribution < 1.29 is 18.0 Å². The maximum Gasteiger partial charge on any atom is 0.437 e. The Morgan fingerprint density at radius 1 is 1.53 bits per heavy atom. The number of anilines is 1. The number of nitrogens with one attached hydrogen (secondary N) is 2. The molecule has 0 saturated heterocycles. The van der Waals surface area contributed by atoms with Crippen LogP contribution in [0.4, 0.5) is 23.7 Å². The van der Waals surface area contributed by atoms with Crippen LogP contribution in [-0.4, -0.2) is 21.9 Å². The Hall–Kier alpha value is -1.73. The predicted octanol–water partition coefficient (Wildman–Crippen LogP) is 2.36. The first-order valence-corrected chi connectivity index (χ1v) is 5.95. The highest BCUT2D eigenvalue weighted by molar-refractivity contribution is 5.90. The molecular formula is C11H15F3N4O. The summed E-state index contributed by atoms with van der Waals surface area (Å²) in [5.74, 6) is 0.432. The SMILES string of the molecule is C[C@H](NC(=O)Nc1cn(C)nc1C(F)(F)F)C1CC1. The molecule has 8 heteroatoms. The monoisotopic (exact) mass is 276 g/mol. The van der Waals surface area contributed by atoms with Crippen molar-refractivity contribution in [3.8, 4) is 0 Å². The minimum absolute atomic E-state index is 0.0361. The lowest BCUT2D eigenvalue weighted by Gasteiger charge is -2.13. The Labute approximate surface area is 108 Å². The van der Waals surface area contributed by atoms with Gasteiger partial charge in [0.1, 0.15) is 0 Å². The summed E-state index contributed by atoms with van der Waals surface area (Å²) >= 11 is 0. The molecule has 2 rings (SSSR count). The molecule has 0 aromatic carbocycles. The lowest BCUT2D eigenvalue weighted by molar-refractivity contribution is -0.140. The molecule has 0 radical (unpaired) electrons. The van der Waals surface area contributed by atoms with Gasteiger partial charge in [-0.1, -0.05) is 0 Å². The first kappa shape index (κ1) is 13.7. The molecule has 1 heterocycles. The van der Waals surface area contributed by atoms with Crippen LogP contribution in [0, 0.1) is 5.92 Å². The second kappa shape index (κ2) is 4.75. The van der Waals surface area contributed by atoms with Crippen LogP contribution < -0.4 is 10.6 Å². The Kier molecular flexibility index (Phi) is 3.42. The van der Waals surface area contributed by atoms with Crippen LogP contribution in [0.1, 0.15) is 25.5 Å². The summed E-state index contributed by atoms with van der Waals surface area (Å²) in [5.41, 5.74) is -1.43. The van der Waals surface area contributed by atoms with Gasteiger partial charge in [-0.25, -0.2) is 4.79 Å². The molecule has 1 aliphatic rings. The Balaban J connectivity index is 2.03. The molecular weight excluding hydrogens is 261 g/mol. The van der Waals surface area contributed by atoms with E-state index in [1.165, 1.54) is 7.05 Å². The number of carbonyl (C=O) groups is 1. The highest BCUT2D eigenvalue weighted by atomic mass is 19.4. The number of hydrogen-bond donors (Lipinski definition) is 2. The van der Waals surface area contributed by atoms with Crippen LogP contribution in [0.5, 0.6) is 0 Å². The van der Waals surface area contributed by atoms with Gasteiger partial charge in [-0.15, -0.1) is 0 Å². The standard InChI is InChI=1S/C11H15F3N4O/c1-6(7-3-4-7)15-10(19)16-8-5-18(2)17-9(8)11(12,13)14/h5-7H,3-4H2,1-2H3,(H2,15,16,19)/t6-/m0/s1. The molecule has 5 nitrogen and oxygen atoms in total.